The maximum Gasteiger partial charge on any atom is 0.407 e. The van der Waals surface area contributed by atoms with Gasteiger partial charge in [-0.2, -0.15) is 0 Å². The predicted molar refractivity (Wildman–Crippen MR) is 107 cm³/mol. The summed E-state index contributed by atoms with van der Waals surface area (Å²) in [6, 6.07) is 9.49. The molecule has 0 heterocycles. The zero-order valence-electron chi connectivity index (χ0n) is 16.3. The highest BCUT2D eigenvalue weighted by Gasteiger charge is 2.23. The van der Waals surface area contributed by atoms with Crippen molar-refractivity contribution in [2.45, 2.75) is 44.9 Å². The normalized spacial score (nSPS) is 18.3. The molecule has 2 rings (SSSR count). The van der Waals surface area contributed by atoms with Crippen molar-refractivity contribution < 1.29 is 19.1 Å². The number of carbonyl (C=O) groups is 2. The van der Waals surface area contributed by atoms with Gasteiger partial charge in [0, 0.05) is 31.7 Å². The van der Waals surface area contributed by atoms with Crippen molar-refractivity contribution >= 4 is 12.0 Å². The van der Waals surface area contributed by atoms with E-state index in [0.29, 0.717) is 38.8 Å². The topological polar surface area (TPSA) is 103 Å². The van der Waals surface area contributed by atoms with Gasteiger partial charge in [-0.3, -0.25) is 10.5 Å². The first-order valence-corrected chi connectivity index (χ1v) is 9.57. The summed E-state index contributed by atoms with van der Waals surface area (Å²) in [5.41, 5.74) is 6.92. The van der Waals surface area contributed by atoms with Crippen molar-refractivity contribution in [2.24, 2.45) is 5.73 Å². The van der Waals surface area contributed by atoms with Crippen LogP contribution in [0.2, 0.25) is 0 Å². The second kappa shape index (κ2) is 11.3. The number of alkyl carbamates (subject to hydrolysis) is 1. The first-order chi connectivity index (χ1) is 13.5. The molecule has 152 valence electrons. The monoisotopic (exact) mass is 387 g/mol. The van der Waals surface area contributed by atoms with Crippen molar-refractivity contribution in [3.63, 3.8) is 0 Å². The highest BCUT2D eigenvalue weighted by atomic mass is 16.5. The summed E-state index contributed by atoms with van der Waals surface area (Å²) in [7, 11) is 0. The SMILES string of the molecule is CCOC1(N)C=CC(NC(=O)CCCCNC(=O)OCc2ccccc2)=CC1. The summed E-state index contributed by atoms with van der Waals surface area (Å²) < 4.78 is 10.6. The van der Waals surface area contributed by atoms with Crippen LogP contribution in [0.3, 0.4) is 0 Å². The Morgan fingerprint density at radius 1 is 1.21 bits per heavy atom. The molecule has 7 heteroatoms. The third kappa shape index (κ3) is 7.94. The Labute approximate surface area is 166 Å². The Balaban J connectivity index is 1.54. The first-order valence-electron chi connectivity index (χ1n) is 9.57. The highest BCUT2D eigenvalue weighted by molar-refractivity contribution is 5.78. The number of unbranched alkanes of at least 4 members (excludes halogenated alkanes) is 1. The average molecular weight is 387 g/mol. The molecule has 0 saturated heterocycles. The van der Waals surface area contributed by atoms with E-state index in [9.17, 15) is 9.59 Å². The van der Waals surface area contributed by atoms with Gasteiger partial charge in [-0.25, -0.2) is 4.79 Å². The van der Waals surface area contributed by atoms with Gasteiger partial charge < -0.3 is 20.1 Å². The number of allylic oxidation sites excluding steroid dienone is 1. The Kier molecular flexibility index (Phi) is 8.71. The number of hydrogen-bond donors (Lipinski definition) is 3. The number of carbonyl (C=O) groups excluding carboxylic acids is 2. The number of ether oxygens (including phenoxy) is 2. The van der Waals surface area contributed by atoms with Crippen molar-refractivity contribution in [3.8, 4) is 0 Å². The number of benzene rings is 1. The zero-order valence-corrected chi connectivity index (χ0v) is 16.3. The third-order valence-corrected chi connectivity index (χ3v) is 4.20. The summed E-state index contributed by atoms with van der Waals surface area (Å²) in [6.07, 6.45) is 7.19. The smallest absolute Gasteiger partial charge is 0.407 e. The Bertz CT molecular complexity index is 703. The van der Waals surface area contributed by atoms with Gasteiger partial charge in [-0.15, -0.1) is 0 Å². The average Bonchev–Trinajstić information content (AvgIpc) is 2.69. The maximum absolute atomic E-state index is 12.0. The number of amides is 2. The minimum atomic E-state index is -0.788. The summed E-state index contributed by atoms with van der Waals surface area (Å²) in [4.78, 5) is 23.6. The Morgan fingerprint density at radius 3 is 2.68 bits per heavy atom. The van der Waals surface area contributed by atoms with Crippen LogP contribution in [-0.4, -0.2) is 30.9 Å². The number of nitrogens with two attached hydrogens (primary N) is 1. The zero-order chi connectivity index (χ0) is 20.2. The van der Waals surface area contributed by atoms with Crippen molar-refractivity contribution in [2.75, 3.05) is 13.2 Å². The molecule has 0 radical (unpaired) electrons. The minimum absolute atomic E-state index is 0.0662. The van der Waals surface area contributed by atoms with Gasteiger partial charge in [-0.1, -0.05) is 36.4 Å². The molecule has 1 atom stereocenters. The molecule has 0 fully saturated rings. The van der Waals surface area contributed by atoms with E-state index in [4.69, 9.17) is 15.2 Å². The lowest BCUT2D eigenvalue weighted by molar-refractivity contribution is -0.120. The van der Waals surface area contributed by atoms with Crippen molar-refractivity contribution in [1.29, 1.82) is 0 Å². The van der Waals surface area contributed by atoms with E-state index in [1.165, 1.54) is 0 Å². The van der Waals surface area contributed by atoms with Crippen LogP contribution in [0.25, 0.3) is 0 Å². The number of rotatable bonds is 10. The fourth-order valence-corrected chi connectivity index (χ4v) is 2.70. The summed E-state index contributed by atoms with van der Waals surface area (Å²) in [5, 5.41) is 5.53. The standard InChI is InChI=1S/C21H29N3O4/c1-2-28-21(22)13-11-18(12-14-21)24-19(25)10-6-7-15-23-20(26)27-16-17-8-4-3-5-9-17/h3-5,8-9,11-13H,2,6-7,10,14-16,22H2,1H3,(H,23,26)(H,24,25). The van der Waals surface area contributed by atoms with E-state index in [-0.39, 0.29) is 12.5 Å². The van der Waals surface area contributed by atoms with E-state index in [0.717, 1.165) is 11.3 Å². The molecule has 7 nitrogen and oxygen atoms in total. The number of nitrogens with one attached hydrogen (secondary N) is 2. The molecule has 0 aromatic heterocycles. The number of hydrogen-bond acceptors (Lipinski definition) is 5. The largest absolute Gasteiger partial charge is 0.445 e. The van der Waals surface area contributed by atoms with Crippen LogP contribution in [0.4, 0.5) is 4.79 Å². The van der Waals surface area contributed by atoms with E-state index >= 15 is 0 Å². The van der Waals surface area contributed by atoms with Gasteiger partial charge in [0.2, 0.25) is 5.91 Å². The van der Waals surface area contributed by atoms with Gasteiger partial charge in [-0.05, 0) is 37.5 Å². The molecular weight excluding hydrogens is 358 g/mol. The van der Waals surface area contributed by atoms with Crippen LogP contribution in [0.5, 0.6) is 0 Å². The molecule has 2 amide bonds. The molecule has 1 aliphatic rings. The second-order valence-corrected chi connectivity index (χ2v) is 6.58. The molecule has 1 aliphatic carbocycles. The van der Waals surface area contributed by atoms with Gasteiger partial charge in [0.1, 0.15) is 12.3 Å². The van der Waals surface area contributed by atoms with Crippen LogP contribution in [0.15, 0.2) is 54.3 Å². The Hall–Kier alpha value is -2.64. The summed E-state index contributed by atoms with van der Waals surface area (Å²) in [6.45, 7) is 3.13. The van der Waals surface area contributed by atoms with Crippen molar-refractivity contribution in [3.05, 3.63) is 59.8 Å². The molecule has 0 aliphatic heterocycles. The van der Waals surface area contributed by atoms with E-state index < -0.39 is 11.8 Å². The molecule has 0 spiro atoms. The molecule has 4 N–H and O–H groups in total. The van der Waals surface area contributed by atoms with Crippen LogP contribution < -0.4 is 16.4 Å². The molecule has 1 unspecified atom stereocenters. The van der Waals surface area contributed by atoms with Gasteiger partial charge in [0.05, 0.1) is 0 Å². The van der Waals surface area contributed by atoms with Crippen molar-refractivity contribution in [1.82, 2.24) is 10.6 Å². The molecule has 1 aromatic rings. The van der Waals surface area contributed by atoms with Crippen LogP contribution >= 0.6 is 0 Å². The fraction of sp³-hybridized carbons (Fsp3) is 0.429. The summed E-state index contributed by atoms with van der Waals surface area (Å²) in [5.74, 6) is -0.0662. The lowest BCUT2D eigenvalue weighted by atomic mass is 10.0. The van der Waals surface area contributed by atoms with E-state index in [1.54, 1.807) is 12.2 Å². The third-order valence-electron chi connectivity index (χ3n) is 4.20. The van der Waals surface area contributed by atoms with E-state index in [2.05, 4.69) is 10.6 Å². The van der Waals surface area contributed by atoms with Crippen LogP contribution in [0.1, 0.15) is 38.2 Å². The molecule has 0 saturated carbocycles. The highest BCUT2D eigenvalue weighted by Crippen LogP contribution is 2.18. The molecule has 28 heavy (non-hydrogen) atoms. The predicted octanol–water partition coefficient (Wildman–Crippen LogP) is 2.73. The quantitative estimate of drug-likeness (QED) is 0.423. The molecule has 0 bridgehead atoms. The Morgan fingerprint density at radius 2 is 2.00 bits per heavy atom. The van der Waals surface area contributed by atoms with Crippen LogP contribution in [-0.2, 0) is 20.9 Å². The lowest BCUT2D eigenvalue weighted by Gasteiger charge is -2.27. The van der Waals surface area contributed by atoms with E-state index in [1.807, 2.05) is 43.3 Å². The molecule has 1 aromatic carbocycles. The summed E-state index contributed by atoms with van der Waals surface area (Å²) >= 11 is 0. The first kappa shape index (κ1) is 21.7. The molecular formula is C21H29N3O4. The van der Waals surface area contributed by atoms with Crippen LogP contribution in [0, 0.1) is 0 Å². The van der Waals surface area contributed by atoms with Gasteiger partial charge >= 0.3 is 6.09 Å². The van der Waals surface area contributed by atoms with Gasteiger partial charge in [0.15, 0.2) is 0 Å². The minimum Gasteiger partial charge on any atom is -0.445 e. The fourth-order valence-electron chi connectivity index (χ4n) is 2.70. The second-order valence-electron chi connectivity index (χ2n) is 6.58. The van der Waals surface area contributed by atoms with Gasteiger partial charge in [0.25, 0.3) is 0 Å². The lowest BCUT2D eigenvalue weighted by Crippen LogP contribution is -2.42. The maximum atomic E-state index is 12.0.